The topological polar surface area (TPSA) is 18.5 Å². The first-order chi connectivity index (χ1) is 11.7. The van der Waals surface area contributed by atoms with Crippen LogP contribution in [0.3, 0.4) is 0 Å². The average Bonchev–Trinajstić information content (AvgIpc) is 2.60. The molecule has 2 aromatic carbocycles. The summed E-state index contributed by atoms with van der Waals surface area (Å²) in [6, 6.07) is 18.8. The van der Waals surface area contributed by atoms with Crippen LogP contribution in [0.5, 0.6) is 11.5 Å². The molecule has 0 N–H and O–H groups in total. The van der Waals surface area contributed by atoms with Crippen LogP contribution in [-0.2, 0) is 0 Å². The fraction of sp³-hybridized carbons (Fsp3) is 0.400. The second kappa shape index (κ2) is 10.8. The number of hydrogen-bond acceptors (Lipinski definition) is 2. The molecule has 2 nitrogen and oxygen atoms in total. The van der Waals surface area contributed by atoms with Crippen molar-refractivity contribution in [1.82, 2.24) is 0 Å². The van der Waals surface area contributed by atoms with E-state index in [9.17, 15) is 0 Å². The third kappa shape index (κ3) is 7.26. The molecule has 0 saturated heterocycles. The molecule has 0 aromatic heterocycles. The zero-order valence-corrected chi connectivity index (χ0v) is 17.6. The number of para-hydroxylation sites is 2. The van der Waals surface area contributed by atoms with Crippen molar-refractivity contribution in [3.63, 3.8) is 0 Å². The molecule has 0 aliphatic carbocycles. The number of halogens is 1. The van der Waals surface area contributed by atoms with Gasteiger partial charge in [0.1, 0.15) is 11.5 Å². The zero-order chi connectivity index (χ0) is 17.1. The Morgan fingerprint density at radius 1 is 0.708 bits per heavy atom. The Morgan fingerprint density at radius 2 is 1.17 bits per heavy atom. The molecule has 24 heavy (non-hydrogen) atoms. The highest BCUT2D eigenvalue weighted by Crippen LogP contribution is 2.29. The van der Waals surface area contributed by atoms with E-state index in [1.54, 1.807) is 0 Å². The van der Waals surface area contributed by atoms with E-state index in [0.29, 0.717) is 0 Å². The van der Waals surface area contributed by atoms with Crippen molar-refractivity contribution in [2.75, 3.05) is 0 Å². The molecule has 0 saturated carbocycles. The molecule has 130 valence electrons. The van der Waals surface area contributed by atoms with Gasteiger partial charge in [-0.3, -0.25) is 0 Å². The van der Waals surface area contributed by atoms with Crippen molar-refractivity contribution >= 4 is 27.9 Å². The van der Waals surface area contributed by atoms with Gasteiger partial charge in [-0.15, -0.1) is 0 Å². The summed E-state index contributed by atoms with van der Waals surface area (Å²) in [6.07, 6.45) is 7.71. The van der Waals surface area contributed by atoms with E-state index < -0.39 is 6.06 Å². The fourth-order valence-electron chi connectivity index (χ4n) is 2.57. The third-order valence-corrected chi connectivity index (χ3v) is 8.83. The van der Waals surface area contributed by atoms with Crippen LogP contribution in [0.1, 0.15) is 45.4 Å². The minimum absolute atomic E-state index is 0.903. The van der Waals surface area contributed by atoms with E-state index in [1.807, 2.05) is 60.7 Å². The van der Waals surface area contributed by atoms with Gasteiger partial charge in [0, 0.05) is 6.04 Å². The van der Waals surface area contributed by atoms with Crippen molar-refractivity contribution in [1.29, 1.82) is 0 Å². The zero-order valence-electron chi connectivity index (χ0n) is 14.4. The van der Waals surface area contributed by atoms with Crippen LogP contribution in [0.2, 0.25) is 6.04 Å². The SMILES string of the molecule is CCCCCCCC[Si](I)(Oc1ccccc1)Oc1ccccc1. The Kier molecular flexibility index (Phi) is 8.67. The van der Waals surface area contributed by atoms with Crippen molar-refractivity contribution in [3.8, 4) is 11.5 Å². The van der Waals surface area contributed by atoms with E-state index in [4.69, 9.17) is 8.85 Å². The molecule has 0 bridgehead atoms. The second-order valence-electron chi connectivity index (χ2n) is 6.01. The maximum Gasteiger partial charge on any atom is 0.530 e. The first kappa shape index (κ1) is 19.3. The summed E-state index contributed by atoms with van der Waals surface area (Å²) < 4.78 is 12.7. The molecule has 0 fully saturated rings. The molecule has 0 aliphatic heterocycles. The second-order valence-corrected chi connectivity index (χ2v) is 13.2. The molecule has 0 spiro atoms. The summed E-state index contributed by atoms with van der Waals surface area (Å²) in [5.74, 6) is 1.81. The van der Waals surface area contributed by atoms with E-state index in [1.165, 1.54) is 38.5 Å². The first-order valence-corrected chi connectivity index (χ1v) is 14.0. The third-order valence-electron chi connectivity index (χ3n) is 3.86. The van der Waals surface area contributed by atoms with Crippen molar-refractivity contribution in [2.45, 2.75) is 51.5 Å². The smallest absolute Gasteiger partial charge is 0.505 e. The Balaban J connectivity index is 1.95. The van der Waals surface area contributed by atoms with Crippen LogP contribution in [0.15, 0.2) is 60.7 Å². The molecule has 0 atom stereocenters. The molecular formula is C20H27IO2Si. The van der Waals surface area contributed by atoms with E-state index >= 15 is 0 Å². The maximum atomic E-state index is 6.34. The maximum absolute atomic E-state index is 6.34. The normalized spacial score (nSPS) is 11.2. The minimum atomic E-state index is -2.33. The summed E-state index contributed by atoms with van der Waals surface area (Å²) >= 11 is 2.44. The van der Waals surface area contributed by atoms with Crippen molar-refractivity contribution in [2.24, 2.45) is 0 Å². The van der Waals surface area contributed by atoms with Crippen LogP contribution >= 0.6 is 21.8 Å². The monoisotopic (exact) mass is 454 g/mol. The van der Waals surface area contributed by atoms with Gasteiger partial charge in [0.2, 0.25) is 0 Å². The van der Waals surface area contributed by atoms with E-state index in [2.05, 4.69) is 28.7 Å². The molecule has 2 rings (SSSR count). The summed E-state index contributed by atoms with van der Waals surface area (Å²) in [4.78, 5) is 0. The lowest BCUT2D eigenvalue weighted by Crippen LogP contribution is -2.42. The van der Waals surface area contributed by atoms with Crippen LogP contribution in [0.4, 0.5) is 0 Å². The summed E-state index contributed by atoms with van der Waals surface area (Å²) in [5, 5.41) is 0. The van der Waals surface area contributed by atoms with Crippen LogP contribution < -0.4 is 8.85 Å². The predicted octanol–water partition coefficient (Wildman–Crippen LogP) is 6.88. The van der Waals surface area contributed by atoms with Gasteiger partial charge in [-0.25, -0.2) is 0 Å². The lowest BCUT2D eigenvalue weighted by Gasteiger charge is -2.26. The first-order valence-electron chi connectivity index (χ1n) is 8.89. The molecule has 0 unspecified atom stereocenters. The van der Waals surface area contributed by atoms with Crippen LogP contribution in [-0.4, -0.2) is 6.06 Å². The molecule has 0 aliphatic rings. The number of unbranched alkanes of at least 4 members (excludes halogenated alkanes) is 5. The lowest BCUT2D eigenvalue weighted by atomic mass is 10.1. The van der Waals surface area contributed by atoms with Gasteiger partial charge in [0.05, 0.1) is 0 Å². The van der Waals surface area contributed by atoms with Crippen molar-refractivity contribution < 1.29 is 8.85 Å². The van der Waals surface area contributed by atoms with Gasteiger partial charge in [0.15, 0.2) is 0 Å². The van der Waals surface area contributed by atoms with E-state index in [0.717, 1.165) is 17.5 Å². The fourth-order valence-corrected chi connectivity index (χ4v) is 7.13. The number of rotatable bonds is 11. The van der Waals surface area contributed by atoms with Gasteiger partial charge in [-0.05, 0) is 52.5 Å². The predicted molar refractivity (Wildman–Crippen MR) is 112 cm³/mol. The molecule has 4 heteroatoms. The highest BCUT2D eigenvalue weighted by Gasteiger charge is 2.38. The van der Waals surface area contributed by atoms with Crippen molar-refractivity contribution in [3.05, 3.63) is 60.7 Å². The molecule has 2 aromatic rings. The Hall–Kier alpha value is -1.01. The highest BCUT2D eigenvalue weighted by molar-refractivity contribution is 14.1. The largest absolute Gasteiger partial charge is 0.530 e. The number of hydrogen-bond donors (Lipinski definition) is 0. The van der Waals surface area contributed by atoms with Crippen LogP contribution in [0, 0.1) is 0 Å². The number of benzene rings is 2. The Morgan fingerprint density at radius 3 is 1.67 bits per heavy atom. The molecule has 0 amide bonds. The molecule has 0 radical (unpaired) electrons. The lowest BCUT2D eigenvalue weighted by molar-refractivity contribution is 0.411. The van der Waals surface area contributed by atoms with Gasteiger partial charge in [0.25, 0.3) is 0 Å². The molecular weight excluding hydrogens is 427 g/mol. The van der Waals surface area contributed by atoms with Crippen LogP contribution in [0.25, 0.3) is 0 Å². The quantitative estimate of drug-likeness (QED) is 0.160. The highest BCUT2D eigenvalue weighted by atomic mass is 127. The minimum Gasteiger partial charge on any atom is -0.505 e. The van der Waals surface area contributed by atoms with E-state index in [-0.39, 0.29) is 0 Å². The summed E-state index contributed by atoms with van der Waals surface area (Å²) in [5.41, 5.74) is 0. The van der Waals surface area contributed by atoms with Gasteiger partial charge >= 0.3 is 6.06 Å². The summed E-state index contributed by atoms with van der Waals surface area (Å²) in [6.45, 7) is 2.25. The Bertz CT molecular complexity index is 521. The summed E-state index contributed by atoms with van der Waals surface area (Å²) in [7, 11) is 0. The molecule has 0 heterocycles. The van der Waals surface area contributed by atoms with Gasteiger partial charge in [-0.1, -0.05) is 75.4 Å². The van der Waals surface area contributed by atoms with Gasteiger partial charge in [-0.2, -0.15) is 0 Å². The average molecular weight is 454 g/mol. The van der Waals surface area contributed by atoms with Gasteiger partial charge < -0.3 is 8.85 Å². The standard InChI is InChI=1S/C20H27IO2Si/c1-2-3-4-5-6-13-18-24(21,22-19-14-9-7-10-15-19)23-20-16-11-8-12-17-20/h7-12,14-17H,2-6,13,18H2,1H3. The Labute approximate surface area is 160 Å².